The van der Waals surface area contributed by atoms with Crippen molar-refractivity contribution in [1.82, 2.24) is 5.32 Å². The molecule has 2 amide bonds. The van der Waals surface area contributed by atoms with Gasteiger partial charge in [-0.2, -0.15) is 0 Å². The van der Waals surface area contributed by atoms with Gasteiger partial charge >= 0.3 is 0 Å². The zero-order valence-electron chi connectivity index (χ0n) is 18.2. The zero-order chi connectivity index (χ0) is 21.2. The Bertz CT molecular complexity index is 919. The molecule has 0 radical (unpaired) electrons. The minimum Gasteiger partial charge on any atom is -0.354 e. The summed E-state index contributed by atoms with van der Waals surface area (Å²) in [4.78, 5) is 28.9. The first-order valence-electron chi connectivity index (χ1n) is 10.5. The Balaban J connectivity index is 2.09. The highest BCUT2D eigenvalue weighted by atomic mass is 16.2. The van der Waals surface area contributed by atoms with E-state index in [1.165, 1.54) is 0 Å². The van der Waals surface area contributed by atoms with E-state index in [0.717, 1.165) is 28.8 Å². The van der Waals surface area contributed by atoms with Gasteiger partial charge in [-0.05, 0) is 74.8 Å². The fraction of sp³-hybridized carbons (Fsp3) is 0.440. The van der Waals surface area contributed by atoms with Crippen molar-refractivity contribution >= 4 is 17.5 Å². The smallest absolute Gasteiger partial charge is 0.259 e. The predicted octanol–water partition coefficient (Wildman–Crippen LogP) is 4.82. The highest BCUT2D eigenvalue weighted by Crippen LogP contribution is 2.37. The number of hydrogen-bond donors (Lipinski definition) is 1. The number of amides is 2. The third-order valence-electron chi connectivity index (χ3n) is 6.14. The second-order valence-corrected chi connectivity index (χ2v) is 8.73. The Kier molecular flexibility index (Phi) is 6.11. The second-order valence-electron chi connectivity index (χ2n) is 8.73. The van der Waals surface area contributed by atoms with Gasteiger partial charge in [0.1, 0.15) is 5.54 Å². The molecule has 1 atom stereocenters. The number of rotatable bonds is 5. The lowest BCUT2D eigenvalue weighted by molar-refractivity contribution is -0.126. The van der Waals surface area contributed by atoms with Crippen LogP contribution in [0.15, 0.2) is 42.5 Å². The first kappa shape index (κ1) is 21.1. The van der Waals surface area contributed by atoms with Crippen LogP contribution in [-0.4, -0.2) is 23.9 Å². The molecule has 0 saturated heterocycles. The summed E-state index contributed by atoms with van der Waals surface area (Å²) >= 11 is 0. The van der Waals surface area contributed by atoms with E-state index in [-0.39, 0.29) is 11.8 Å². The van der Waals surface area contributed by atoms with E-state index in [4.69, 9.17) is 0 Å². The SMILES string of the molecule is Cc1cccc(N2C(=O)c3ccccc3CCC2(C)C(=O)NCCC(C)C)c1C. The number of aryl methyl sites for hydroxylation is 2. The molecule has 4 heteroatoms. The predicted molar refractivity (Wildman–Crippen MR) is 118 cm³/mol. The van der Waals surface area contributed by atoms with Crippen molar-refractivity contribution < 1.29 is 9.59 Å². The van der Waals surface area contributed by atoms with Gasteiger partial charge in [-0.15, -0.1) is 0 Å². The summed E-state index contributed by atoms with van der Waals surface area (Å²) in [6, 6.07) is 13.7. The van der Waals surface area contributed by atoms with Crippen LogP contribution in [0, 0.1) is 19.8 Å². The summed E-state index contributed by atoms with van der Waals surface area (Å²) in [7, 11) is 0. The van der Waals surface area contributed by atoms with Crippen LogP contribution in [0.1, 0.15) is 60.7 Å². The lowest BCUT2D eigenvalue weighted by Gasteiger charge is -2.40. The minimum absolute atomic E-state index is 0.0831. The van der Waals surface area contributed by atoms with E-state index in [1.54, 1.807) is 4.90 Å². The summed E-state index contributed by atoms with van der Waals surface area (Å²) < 4.78 is 0. The van der Waals surface area contributed by atoms with Crippen molar-refractivity contribution in [2.24, 2.45) is 5.92 Å². The van der Waals surface area contributed by atoms with Crippen LogP contribution in [0.5, 0.6) is 0 Å². The molecule has 2 aromatic rings. The van der Waals surface area contributed by atoms with Gasteiger partial charge in [0.15, 0.2) is 0 Å². The van der Waals surface area contributed by atoms with E-state index in [1.807, 2.05) is 63.2 Å². The van der Waals surface area contributed by atoms with E-state index in [0.29, 0.717) is 30.9 Å². The average Bonchev–Trinajstić information content (AvgIpc) is 2.80. The van der Waals surface area contributed by atoms with Crippen LogP contribution in [-0.2, 0) is 11.2 Å². The molecule has 3 rings (SSSR count). The molecule has 0 bridgehead atoms. The van der Waals surface area contributed by atoms with Gasteiger partial charge in [0.2, 0.25) is 5.91 Å². The maximum atomic E-state index is 13.7. The van der Waals surface area contributed by atoms with Crippen LogP contribution >= 0.6 is 0 Å². The summed E-state index contributed by atoms with van der Waals surface area (Å²) in [6.45, 7) is 10.9. The highest BCUT2D eigenvalue weighted by molar-refractivity contribution is 6.13. The number of benzene rings is 2. The number of carbonyl (C=O) groups excluding carboxylic acids is 2. The fourth-order valence-corrected chi connectivity index (χ4v) is 4.01. The van der Waals surface area contributed by atoms with Gasteiger partial charge in [-0.3, -0.25) is 14.5 Å². The quantitative estimate of drug-likeness (QED) is 0.793. The van der Waals surface area contributed by atoms with Crippen LogP contribution in [0.2, 0.25) is 0 Å². The molecule has 154 valence electrons. The number of anilines is 1. The Hall–Kier alpha value is -2.62. The average molecular weight is 393 g/mol. The standard InChI is InChI=1S/C25H32N2O2/c1-17(2)14-16-26-24(29)25(5)15-13-20-10-6-7-11-21(20)23(28)27(25)22-12-8-9-18(3)19(22)4/h6-12,17H,13-16H2,1-5H3,(H,26,29). The van der Waals surface area contributed by atoms with Gasteiger partial charge in [0, 0.05) is 17.8 Å². The third-order valence-corrected chi connectivity index (χ3v) is 6.14. The van der Waals surface area contributed by atoms with Gasteiger partial charge in [0.05, 0.1) is 0 Å². The van der Waals surface area contributed by atoms with E-state index in [9.17, 15) is 9.59 Å². The van der Waals surface area contributed by atoms with Crippen molar-refractivity contribution in [2.75, 3.05) is 11.4 Å². The van der Waals surface area contributed by atoms with Crippen molar-refractivity contribution in [2.45, 2.75) is 59.4 Å². The molecule has 1 unspecified atom stereocenters. The fourth-order valence-electron chi connectivity index (χ4n) is 4.01. The molecule has 1 aliphatic heterocycles. The Morgan fingerprint density at radius 2 is 1.86 bits per heavy atom. The number of carbonyl (C=O) groups is 2. The molecule has 1 heterocycles. The van der Waals surface area contributed by atoms with Crippen molar-refractivity contribution in [3.05, 3.63) is 64.7 Å². The molecule has 0 spiro atoms. The van der Waals surface area contributed by atoms with Crippen LogP contribution in [0.3, 0.4) is 0 Å². The van der Waals surface area contributed by atoms with E-state index < -0.39 is 5.54 Å². The lowest BCUT2D eigenvalue weighted by Crippen LogP contribution is -2.59. The van der Waals surface area contributed by atoms with Gasteiger partial charge in [0.25, 0.3) is 5.91 Å². The molecular weight excluding hydrogens is 360 g/mol. The summed E-state index contributed by atoms with van der Waals surface area (Å²) in [5.41, 5.74) is 3.69. The van der Waals surface area contributed by atoms with Crippen LogP contribution in [0.4, 0.5) is 5.69 Å². The highest BCUT2D eigenvalue weighted by Gasteiger charge is 2.45. The number of fused-ring (bicyclic) bond motifs is 1. The first-order valence-corrected chi connectivity index (χ1v) is 10.5. The van der Waals surface area contributed by atoms with Crippen molar-refractivity contribution in [3.8, 4) is 0 Å². The van der Waals surface area contributed by atoms with E-state index in [2.05, 4.69) is 19.2 Å². The van der Waals surface area contributed by atoms with E-state index >= 15 is 0 Å². The van der Waals surface area contributed by atoms with Gasteiger partial charge in [-0.25, -0.2) is 0 Å². The summed E-state index contributed by atoms with van der Waals surface area (Å²) in [5, 5.41) is 3.10. The molecule has 1 aliphatic rings. The normalized spacial score (nSPS) is 19.1. The molecule has 29 heavy (non-hydrogen) atoms. The number of hydrogen-bond acceptors (Lipinski definition) is 2. The molecule has 0 aliphatic carbocycles. The van der Waals surface area contributed by atoms with Crippen LogP contribution in [0.25, 0.3) is 0 Å². The molecular formula is C25H32N2O2. The largest absolute Gasteiger partial charge is 0.354 e. The Morgan fingerprint density at radius 3 is 2.59 bits per heavy atom. The number of nitrogens with one attached hydrogen (secondary N) is 1. The molecule has 0 aromatic heterocycles. The van der Waals surface area contributed by atoms with Gasteiger partial charge in [-0.1, -0.05) is 44.2 Å². The molecule has 0 saturated carbocycles. The summed E-state index contributed by atoms with van der Waals surface area (Å²) in [5.74, 6) is 0.326. The van der Waals surface area contributed by atoms with Crippen molar-refractivity contribution in [3.63, 3.8) is 0 Å². The van der Waals surface area contributed by atoms with Crippen molar-refractivity contribution in [1.29, 1.82) is 0 Å². The molecule has 2 aromatic carbocycles. The topological polar surface area (TPSA) is 49.4 Å². The monoisotopic (exact) mass is 392 g/mol. The molecule has 1 N–H and O–H groups in total. The summed E-state index contributed by atoms with van der Waals surface area (Å²) in [6.07, 6.45) is 2.19. The molecule has 0 fully saturated rings. The third kappa shape index (κ3) is 4.07. The Morgan fingerprint density at radius 1 is 1.14 bits per heavy atom. The maximum Gasteiger partial charge on any atom is 0.259 e. The number of nitrogens with zero attached hydrogens (tertiary/aromatic N) is 1. The van der Waals surface area contributed by atoms with Gasteiger partial charge < -0.3 is 5.32 Å². The van der Waals surface area contributed by atoms with Crippen LogP contribution < -0.4 is 10.2 Å². The molecule has 4 nitrogen and oxygen atoms in total. The Labute approximate surface area is 174 Å². The zero-order valence-corrected chi connectivity index (χ0v) is 18.2. The second kappa shape index (κ2) is 8.40. The first-order chi connectivity index (χ1) is 13.8. The minimum atomic E-state index is -0.953. The maximum absolute atomic E-state index is 13.7. The lowest BCUT2D eigenvalue weighted by atomic mass is 9.90.